The van der Waals surface area contributed by atoms with Crippen LogP contribution in [0.2, 0.25) is 26.2 Å². The molecular weight excluding hydrogens is 272 g/mol. The molecule has 0 radical (unpaired) electrons. The van der Waals surface area contributed by atoms with Gasteiger partial charge < -0.3 is 13.0 Å². The Morgan fingerprint density at radius 3 is 2.00 bits per heavy atom. The molecule has 0 rings (SSSR count). The standard InChI is InChI=1S/C14H34O3Si2/c1-8-10-11-12-15-18(4,5)17-19(6,7)16-13-14(3)9-2/h14H,8-13H2,1-7H3. The van der Waals surface area contributed by atoms with E-state index in [1.807, 2.05) is 0 Å². The Morgan fingerprint density at radius 1 is 0.895 bits per heavy atom. The molecule has 0 heterocycles. The van der Waals surface area contributed by atoms with E-state index in [2.05, 4.69) is 47.0 Å². The topological polar surface area (TPSA) is 27.7 Å². The van der Waals surface area contributed by atoms with Crippen LogP contribution in [0.25, 0.3) is 0 Å². The van der Waals surface area contributed by atoms with Crippen LogP contribution in [-0.4, -0.2) is 30.3 Å². The summed E-state index contributed by atoms with van der Waals surface area (Å²) in [7, 11) is -4.08. The second-order valence-electron chi connectivity index (χ2n) is 6.28. The normalized spacial score (nSPS) is 14.7. The first-order valence-electron chi connectivity index (χ1n) is 7.70. The smallest absolute Gasteiger partial charge is 0.322 e. The second-order valence-corrected chi connectivity index (χ2v) is 13.3. The monoisotopic (exact) mass is 306 g/mol. The van der Waals surface area contributed by atoms with Crippen molar-refractivity contribution < 1.29 is 13.0 Å². The Labute approximate surface area is 122 Å². The van der Waals surface area contributed by atoms with Crippen molar-refractivity contribution in [1.82, 2.24) is 0 Å². The Bertz CT molecular complexity index is 233. The van der Waals surface area contributed by atoms with Gasteiger partial charge in [0.25, 0.3) is 0 Å². The van der Waals surface area contributed by atoms with Crippen molar-refractivity contribution in [3.8, 4) is 0 Å². The molecule has 0 aliphatic carbocycles. The predicted octanol–water partition coefficient (Wildman–Crippen LogP) is 4.68. The van der Waals surface area contributed by atoms with Gasteiger partial charge in [0.2, 0.25) is 0 Å². The number of rotatable bonds is 11. The van der Waals surface area contributed by atoms with Crippen LogP contribution in [0.5, 0.6) is 0 Å². The molecule has 1 unspecified atom stereocenters. The summed E-state index contributed by atoms with van der Waals surface area (Å²) in [6.45, 7) is 16.7. The molecule has 0 aromatic heterocycles. The van der Waals surface area contributed by atoms with Crippen molar-refractivity contribution >= 4 is 17.1 Å². The second kappa shape index (κ2) is 9.29. The largest absolute Gasteiger partial charge is 0.415 e. The first kappa shape index (κ1) is 19.3. The summed E-state index contributed by atoms with van der Waals surface area (Å²) in [4.78, 5) is 0. The van der Waals surface area contributed by atoms with Crippen molar-refractivity contribution in [2.75, 3.05) is 13.2 Å². The van der Waals surface area contributed by atoms with E-state index in [9.17, 15) is 0 Å². The van der Waals surface area contributed by atoms with E-state index in [0.29, 0.717) is 5.92 Å². The van der Waals surface area contributed by atoms with Gasteiger partial charge in [0.15, 0.2) is 0 Å². The van der Waals surface area contributed by atoms with Gasteiger partial charge in [-0.3, -0.25) is 0 Å². The van der Waals surface area contributed by atoms with Gasteiger partial charge in [-0.05, 0) is 38.5 Å². The average Bonchev–Trinajstić information content (AvgIpc) is 2.30. The summed E-state index contributed by atoms with van der Waals surface area (Å²) in [6, 6.07) is 0. The highest BCUT2D eigenvalue weighted by molar-refractivity contribution is 6.78. The van der Waals surface area contributed by atoms with Crippen molar-refractivity contribution in [3.05, 3.63) is 0 Å². The third kappa shape index (κ3) is 10.7. The molecule has 0 N–H and O–H groups in total. The van der Waals surface area contributed by atoms with Crippen molar-refractivity contribution in [1.29, 1.82) is 0 Å². The molecule has 3 nitrogen and oxygen atoms in total. The average molecular weight is 307 g/mol. The van der Waals surface area contributed by atoms with E-state index in [1.165, 1.54) is 12.8 Å². The zero-order chi connectivity index (χ0) is 14.9. The lowest BCUT2D eigenvalue weighted by atomic mass is 10.1. The van der Waals surface area contributed by atoms with Gasteiger partial charge in [-0.15, -0.1) is 0 Å². The van der Waals surface area contributed by atoms with Gasteiger partial charge in [-0.2, -0.15) is 0 Å². The first-order chi connectivity index (χ1) is 8.72. The van der Waals surface area contributed by atoms with Gasteiger partial charge >= 0.3 is 17.1 Å². The van der Waals surface area contributed by atoms with Gasteiger partial charge in [0.05, 0.1) is 0 Å². The van der Waals surface area contributed by atoms with Crippen LogP contribution in [-0.2, 0) is 13.0 Å². The van der Waals surface area contributed by atoms with E-state index >= 15 is 0 Å². The molecule has 0 aromatic rings. The summed E-state index contributed by atoms with van der Waals surface area (Å²) >= 11 is 0. The third-order valence-electron chi connectivity index (χ3n) is 3.10. The summed E-state index contributed by atoms with van der Waals surface area (Å²) in [5, 5.41) is 0. The summed E-state index contributed by atoms with van der Waals surface area (Å²) in [5.74, 6) is 0.602. The molecule has 19 heavy (non-hydrogen) atoms. The SMILES string of the molecule is CCCCCO[Si](C)(C)O[Si](C)(C)OCC(C)CC. The Kier molecular flexibility index (Phi) is 9.44. The highest BCUT2D eigenvalue weighted by Crippen LogP contribution is 2.18. The number of unbranched alkanes of at least 4 members (excludes halogenated alkanes) is 2. The van der Waals surface area contributed by atoms with Crippen LogP contribution in [0.1, 0.15) is 46.5 Å². The molecule has 0 aromatic carbocycles. The molecule has 0 saturated carbocycles. The molecule has 0 fully saturated rings. The fraction of sp³-hybridized carbons (Fsp3) is 1.00. The summed E-state index contributed by atoms with van der Waals surface area (Å²) in [5.41, 5.74) is 0. The van der Waals surface area contributed by atoms with Crippen LogP contribution in [0.3, 0.4) is 0 Å². The zero-order valence-electron chi connectivity index (χ0n) is 14.0. The minimum Gasteiger partial charge on any atom is -0.415 e. The minimum atomic E-state index is -2.05. The van der Waals surface area contributed by atoms with Crippen molar-refractivity contribution in [2.45, 2.75) is 72.6 Å². The first-order valence-corrected chi connectivity index (χ1v) is 13.3. The summed E-state index contributed by atoms with van der Waals surface area (Å²) < 4.78 is 18.2. The van der Waals surface area contributed by atoms with E-state index in [1.54, 1.807) is 0 Å². The number of hydrogen-bond donors (Lipinski definition) is 0. The minimum absolute atomic E-state index is 0.602. The summed E-state index contributed by atoms with van der Waals surface area (Å²) in [6.07, 6.45) is 4.74. The molecule has 0 spiro atoms. The fourth-order valence-corrected chi connectivity index (χ4v) is 8.31. The maximum absolute atomic E-state index is 6.23. The molecule has 0 bridgehead atoms. The maximum atomic E-state index is 6.23. The predicted molar refractivity (Wildman–Crippen MR) is 86.9 cm³/mol. The Hall–Kier alpha value is 0.314. The van der Waals surface area contributed by atoms with Crippen molar-refractivity contribution in [2.24, 2.45) is 5.92 Å². The van der Waals surface area contributed by atoms with Crippen LogP contribution in [0.15, 0.2) is 0 Å². The maximum Gasteiger partial charge on any atom is 0.322 e. The highest BCUT2D eigenvalue weighted by Gasteiger charge is 2.36. The van der Waals surface area contributed by atoms with Crippen LogP contribution >= 0.6 is 0 Å². The van der Waals surface area contributed by atoms with Gasteiger partial charge in [0.1, 0.15) is 0 Å². The van der Waals surface area contributed by atoms with Crippen LogP contribution in [0, 0.1) is 5.92 Å². The highest BCUT2D eigenvalue weighted by atomic mass is 28.5. The number of hydrogen-bond acceptors (Lipinski definition) is 3. The fourth-order valence-electron chi connectivity index (χ4n) is 1.78. The molecule has 1 atom stereocenters. The van der Waals surface area contributed by atoms with Crippen LogP contribution < -0.4 is 0 Å². The third-order valence-corrected chi connectivity index (χ3v) is 8.80. The van der Waals surface area contributed by atoms with Gasteiger partial charge in [0, 0.05) is 13.2 Å². The van der Waals surface area contributed by atoms with Crippen molar-refractivity contribution in [3.63, 3.8) is 0 Å². The lowest BCUT2D eigenvalue weighted by molar-refractivity contribution is 0.174. The Balaban J connectivity index is 4.06. The van der Waals surface area contributed by atoms with E-state index in [0.717, 1.165) is 26.1 Å². The molecule has 0 aliphatic rings. The zero-order valence-corrected chi connectivity index (χ0v) is 16.0. The molecular formula is C14H34O3Si2. The van der Waals surface area contributed by atoms with E-state index < -0.39 is 17.1 Å². The lowest BCUT2D eigenvalue weighted by Crippen LogP contribution is -2.49. The van der Waals surface area contributed by atoms with Gasteiger partial charge in [-0.25, -0.2) is 0 Å². The Morgan fingerprint density at radius 2 is 1.47 bits per heavy atom. The molecule has 0 saturated heterocycles. The molecule has 5 heteroatoms. The molecule has 116 valence electrons. The van der Waals surface area contributed by atoms with E-state index in [-0.39, 0.29) is 0 Å². The molecule has 0 aliphatic heterocycles. The molecule has 0 amide bonds. The van der Waals surface area contributed by atoms with Crippen LogP contribution in [0.4, 0.5) is 0 Å². The lowest BCUT2D eigenvalue weighted by Gasteiger charge is -2.33. The quantitative estimate of drug-likeness (QED) is 0.410. The van der Waals surface area contributed by atoms with E-state index in [4.69, 9.17) is 13.0 Å². The van der Waals surface area contributed by atoms with Gasteiger partial charge in [-0.1, -0.05) is 40.0 Å².